The average Bonchev–Trinajstić information content (AvgIpc) is 2.42. The first-order valence-electron chi connectivity index (χ1n) is 6.59. The third-order valence-corrected chi connectivity index (χ3v) is 3.50. The van der Waals surface area contributed by atoms with Crippen molar-refractivity contribution in [3.63, 3.8) is 0 Å². The second kappa shape index (κ2) is 6.63. The van der Waals surface area contributed by atoms with E-state index >= 15 is 0 Å². The lowest BCUT2D eigenvalue weighted by atomic mass is 10.0. The third kappa shape index (κ3) is 4.01. The van der Waals surface area contributed by atoms with E-state index in [4.69, 9.17) is 0 Å². The Balaban J connectivity index is 1.93. The van der Waals surface area contributed by atoms with E-state index in [0.29, 0.717) is 12.8 Å². The maximum atomic E-state index is 12.8. The molecule has 19 heavy (non-hydrogen) atoms. The summed E-state index contributed by atoms with van der Waals surface area (Å²) in [6.07, 6.45) is 1.21. The first-order chi connectivity index (χ1) is 9.16. The van der Waals surface area contributed by atoms with Crippen molar-refractivity contribution in [2.75, 3.05) is 26.2 Å². The maximum absolute atomic E-state index is 12.8. The standard InChI is InChI=1S/C14H19FN2O2/c15-12-4-1-11(2-5-12)3-6-13(14(18)19)17-9-7-16-8-10-17/h1-2,4-5,13,16H,3,6-10H2,(H,18,19). The molecule has 5 heteroatoms. The van der Waals surface area contributed by atoms with Crippen LogP contribution in [0.1, 0.15) is 12.0 Å². The predicted octanol–water partition coefficient (Wildman–Crippen LogP) is 1.12. The third-order valence-electron chi connectivity index (χ3n) is 3.50. The fourth-order valence-electron chi connectivity index (χ4n) is 2.41. The maximum Gasteiger partial charge on any atom is 0.320 e. The monoisotopic (exact) mass is 266 g/mol. The van der Waals surface area contributed by atoms with Gasteiger partial charge in [-0.1, -0.05) is 12.1 Å². The number of nitrogens with one attached hydrogen (secondary N) is 1. The number of aryl methyl sites for hydroxylation is 1. The van der Waals surface area contributed by atoms with Crippen molar-refractivity contribution >= 4 is 5.97 Å². The van der Waals surface area contributed by atoms with E-state index in [-0.39, 0.29) is 5.82 Å². The van der Waals surface area contributed by atoms with E-state index < -0.39 is 12.0 Å². The van der Waals surface area contributed by atoms with E-state index in [2.05, 4.69) is 5.32 Å². The molecule has 1 saturated heterocycles. The van der Waals surface area contributed by atoms with Gasteiger partial charge in [0.05, 0.1) is 0 Å². The molecule has 0 aromatic heterocycles. The Kier molecular flexibility index (Phi) is 4.87. The Hall–Kier alpha value is -1.46. The van der Waals surface area contributed by atoms with Gasteiger partial charge < -0.3 is 10.4 Å². The molecule has 0 bridgehead atoms. The SMILES string of the molecule is O=C(O)C(CCc1ccc(F)cc1)N1CCNCC1. The molecule has 104 valence electrons. The van der Waals surface area contributed by atoms with Gasteiger partial charge in [-0.15, -0.1) is 0 Å². The molecule has 1 aromatic carbocycles. The van der Waals surface area contributed by atoms with Gasteiger partial charge in [-0.3, -0.25) is 9.69 Å². The number of hydrogen-bond donors (Lipinski definition) is 2. The Morgan fingerprint density at radius 3 is 2.53 bits per heavy atom. The zero-order chi connectivity index (χ0) is 13.7. The normalized spacial score (nSPS) is 18.2. The molecule has 4 nitrogen and oxygen atoms in total. The summed E-state index contributed by atoms with van der Waals surface area (Å²) in [7, 11) is 0. The average molecular weight is 266 g/mol. The van der Waals surface area contributed by atoms with Crippen LogP contribution >= 0.6 is 0 Å². The molecular weight excluding hydrogens is 247 g/mol. The highest BCUT2D eigenvalue weighted by atomic mass is 19.1. The quantitative estimate of drug-likeness (QED) is 0.838. The van der Waals surface area contributed by atoms with Crippen molar-refractivity contribution in [1.82, 2.24) is 10.2 Å². The number of carboxylic acid groups (broad SMARTS) is 1. The number of rotatable bonds is 5. The summed E-state index contributed by atoms with van der Waals surface area (Å²) in [6.45, 7) is 3.20. The van der Waals surface area contributed by atoms with Gasteiger partial charge in [-0.25, -0.2) is 4.39 Å². The molecule has 1 atom stereocenters. The summed E-state index contributed by atoms with van der Waals surface area (Å²) < 4.78 is 12.8. The molecule has 0 saturated carbocycles. The van der Waals surface area contributed by atoms with Crippen molar-refractivity contribution in [2.45, 2.75) is 18.9 Å². The van der Waals surface area contributed by atoms with Crippen LogP contribution in [-0.4, -0.2) is 48.2 Å². The smallest absolute Gasteiger partial charge is 0.320 e. The van der Waals surface area contributed by atoms with E-state index in [1.165, 1.54) is 12.1 Å². The lowest BCUT2D eigenvalue weighted by molar-refractivity contribution is -0.143. The number of nitrogens with zero attached hydrogens (tertiary/aromatic N) is 1. The number of piperazine rings is 1. The molecule has 0 amide bonds. The molecule has 1 aliphatic heterocycles. The summed E-state index contributed by atoms with van der Waals surface area (Å²) in [5.74, 6) is -1.04. The predicted molar refractivity (Wildman–Crippen MR) is 70.6 cm³/mol. The fraction of sp³-hybridized carbons (Fsp3) is 0.500. The minimum atomic E-state index is -0.774. The highest BCUT2D eigenvalue weighted by molar-refractivity contribution is 5.73. The number of carbonyl (C=O) groups is 1. The molecule has 0 aliphatic carbocycles. The van der Waals surface area contributed by atoms with E-state index in [9.17, 15) is 14.3 Å². The van der Waals surface area contributed by atoms with E-state index in [0.717, 1.165) is 31.7 Å². The van der Waals surface area contributed by atoms with Crippen LogP contribution in [-0.2, 0) is 11.2 Å². The van der Waals surface area contributed by atoms with Crippen LogP contribution in [0.4, 0.5) is 4.39 Å². The molecule has 1 unspecified atom stereocenters. The van der Waals surface area contributed by atoms with Crippen LogP contribution in [0.25, 0.3) is 0 Å². The number of hydrogen-bond acceptors (Lipinski definition) is 3. The second-order valence-corrected chi connectivity index (χ2v) is 4.81. The van der Waals surface area contributed by atoms with Gasteiger partial charge in [0.2, 0.25) is 0 Å². The molecule has 0 spiro atoms. The first-order valence-corrected chi connectivity index (χ1v) is 6.59. The van der Waals surface area contributed by atoms with Crippen LogP contribution in [0.3, 0.4) is 0 Å². The van der Waals surface area contributed by atoms with Crippen molar-refractivity contribution in [3.8, 4) is 0 Å². The van der Waals surface area contributed by atoms with Crippen LogP contribution in [0, 0.1) is 5.82 Å². The van der Waals surface area contributed by atoms with Crippen molar-refractivity contribution in [1.29, 1.82) is 0 Å². The topological polar surface area (TPSA) is 52.6 Å². The molecule has 1 heterocycles. The van der Waals surface area contributed by atoms with Gasteiger partial charge >= 0.3 is 5.97 Å². The van der Waals surface area contributed by atoms with Gasteiger partial charge in [-0.05, 0) is 30.5 Å². The summed E-state index contributed by atoms with van der Waals surface area (Å²) >= 11 is 0. The number of aliphatic carboxylic acids is 1. The van der Waals surface area contributed by atoms with Gasteiger partial charge in [-0.2, -0.15) is 0 Å². The lowest BCUT2D eigenvalue weighted by Crippen LogP contribution is -2.51. The Bertz CT molecular complexity index is 416. The van der Waals surface area contributed by atoms with Crippen LogP contribution in [0.5, 0.6) is 0 Å². The molecule has 0 radical (unpaired) electrons. The van der Waals surface area contributed by atoms with Gasteiger partial charge in [0.15, 0.2) is 0 Å². The Labute approximate surface area is 112 Å². The van der Waals surface area contributed by atoms with E-state index in [1.54, 1.807) is 12.1 Å². The number of benzene rings is 1. The number of halogens is 1. The van der Waals surface area contributed by atoms with Crippen LogP contribution in [0.2, 0.25) is 0 Å². The zero-order valence-corrected chi connectivity index (χ0v) is 10.8. The van der Waals surface area contributed by atoms with Crippen molar-refractivity contribution in [2.24, 2.45) is 0 Å². The molecular formula is C14H19FN2O2. The van der Waals surface area contributed by atoms with Crippen molar-refractivity contribution < 1.29 is 14.3 Å². The minimum Gasteiger partial charge on any atom is -0.480 e. The molecule has 1 fully saturated rings. The summed E-state index contributed by atoms with van der Waals surface area (Å²) in [5, 5.41) is 12.5. The lowest BCUT2D eigenvalue weighted by Gasteiger charge is -2.32. The molecule has 2 N–H and O–H groups in total. The first kappa shape index (κ1) is 14.0. The minimum absolute atomic E-state index is 0.263. The molecule has 1 aliphatic rings. The second-order valence-electron chi connectivity index (χ2n) is 4.81. The summed E-state index contributed by atoms with van der Waals surface area (Å²) in [5.41, 5.74) is 0.975. The highest BCUT2D eigenvalue weighted by Gasteiger charge is 2.26. The zero-order valence-electron chi connectivity index (χ0n) is 10.8. The van der Waals surface area contributed by atoms with Gasteiger partial charge in [0.25, 0.3) is 0 Å². The van der Waals surface area contributed by atoms with Crippen LogP contribution in [0.15, 0.2) is 24.3 Å². The largest absolute Gasteiger partial charge is 0.480 e. The van der Waals surface area contributed by atoms with E-state index in [1.807, 2.05) is 4.90 Å². The summed E-state index contributed by atoms with van der Waals surface area (Å²) in [4.78, 5) is 13.4. The van der Waals surface area contributed by atoms with Gasteiger partial charge in [0.1, 0.15) is 11.9 Å². The number of carboxylic acids is 1. The molecule has 1 aromatic rings. The Morgan fingerprint density at radius 1 is 1.32 bits per heavy atom. The fourth-order valence-corrected chi connectivity index (χ4v) is 2.41. The van der Waals surface area contributed by atoms with Crippen LogP contribution < -0.4 is 5.32 Å². The Morgan fingerprint density at radius 2 is 1.95 bits per heavy atom. The van der Waals surface area contributed by atoms with Crippen molar-refractivity contribution in [3.05, 3.63) is 35.6 Å². The molecule has 2 rings (SSSR count). The highest BCUT2D eigenvalue weighted by Crippen LogP contribution is 2.12. The summed E-state index contributed by atoms with van der Waals surface area (Å²) in [6, 6.07) is 5.80. The van der Waals surface area contributed by atoms with Gasteiger partial charge in [0, 0.05) is 26.2 Å².